The van der Waals surface area contributed by atoms with Crippen molar-refractivity contribution < 1.29 is 0 Å². The lowest BCUT2D eigenvalue weighted by Gasteiger charge is -2.10. The number of imidazole rings is 1. The number of thiophene rings is 1. The van der Waals surface area contributed by atoms with E-state index in [0.717, 1.165) is 42.3 Å². The molecule has 0 amide bonds. The van der Waals surface area contributed by atoms with Crippen LogP contribution in [0.15, 0.2) is 46.8 Å². The second kappa shape index (κ2) is 7.78. The van der Waals surface area contributed by atoms with Crippen LogP contribution >= 0.6 is 11.3 Å². The molecule has 0 spiro atoms. The first-order chi connectivity index (χ1) is 11.3. The van der Waals surface area contributed by atoms with Gasteiger partial charge in [-0.3, -0.25) is 0 Å². The van der Waals surface area contributed by atoms with Crippen LogP contribution in [-0.2, 0) is 13.0 Å². The molecule has 0 bridgehead atoms. The van der Waals surface area contributed by atoms with Gasteiger partial charge in [0.15, 0.2) is 5.96 Å². The average molecular weight is 327 g/mol. The van der Waals surface area contributed by atoms with Gasteiger partial charge in [0.25, 0.3) is 0 Å². The summed E-state index contributed by atoms with van der Waals surface area (Å²) in [6, 6.07) is 12.2. The van der Waals surface area contributed by atoms with Crippen molar-refractivity contribution in [2.45, 2.75) is 19.9 Å². The Hall–Kier alpha value is -2.34. The van der Waals surface area contributed by atoms with Crippen LogP contribution in [0, 0.1) is 0 Å². The molecule has 2 heterocycles. The molecule has 0 fully saturated rings. The lowest BCUT2D eigenvalue weighted by molar-refractivity contribution is 0.781. The predicted molar refractivity (Wildman–Crippen MR) is 96.9 cm³/mol. The summed E-state index contributed by atoms with van der Waals surface area (Å²) in [7, 11) is 0. The van der Waals surface area contributed by atoms with E-state index in [-0.39, 0.29) is 0 Å². The minimum atomic E-state index is 0.706. The van der Waals surface area contributed by atoms with E-state index < -0.39 is 0 Å². The Bertz CT molecular complexity index is 727. The molecule has 0 atom stereocenters. The minimum Gasteiger partial charge on any atom is -0.357 e. The number of nitrogens with one attached hydrogen (secondary N) is 3. The molecule has 0 aliphatic carbocycles. The molecule has 1 aromatic carbocycles. The lowest BCUT2D eigenvalue weighted by Crippen LogP contribution is -2.38. The van der Waals surface area contributed by atoms with Gasteiger partial charge in [-0.15, -0.1) is 11.3 Å². The minimum absolute atomic E-state index is 0.706. The summed E-state index contributed by atoms with van der Waals surface area (Å²) in [5.74, 6) is 1.84. The van der Waals surface area contributed by atoms with Crippen LogP contribution in [0.3, 0.4) is 0 Å². The zero-order valence-electron chi connectivity index (χ0n) is 13.2. The molecule has 0 unspecified atom stereocenters. The number of nitrogens with zero attached hydrogens (tertiary/aromatic N) is 2. The van der Waals surface area contributed by atoms with E-state index in [1.165, 1.54) is 4.88 Å². The van der Waals surface area contributed by atoms with E-state index in [1.54, 1.807) is 11.3 Å². The molecule has 120 valence electrons. The van der Waals surface area contributed by atoms with Gasteiger partial charge in [-0.05, 0) is 30.5 Å². The molecular weight excluding hydrogens is 306 g/mol. The predicted octanol–water partition coefficient (Wildman–Crippen LogP) is 2.92. The summed E-state index contributed by atoms with van der Waals surface area (Å²) in [5, 5.41) is 8.71. The Morgan fingerprint density at radius 2 is 2.13 bits per heavy atom. The normalized spacial score (nSPS) is 11.8. The van der Waals surface area contributed by atoms with Gasteiger partial charge in [0, 0.05) is 24.4 Å². The van der Waals surface area contributed by atoms with Gasteiger partial charge < -0.3 is 15.6 Å². The largest absolute Gasteiger partial charge is 0.357 e. The highest BCUT2D eigenvalue weighted by molar-refractivity contribution is 7.09. The summed E-state index contributed by atoms with van der Waals surface area (Å²) in [6.07, 6.45) is 0.831. The van der Waals surface area contributed by atoms with Crippen LogP contribution in [0.4, 0.5) is 0 Å². The summed E-state index contributed by atoms with van der Waals surface area (Å²) in [5.41, 5.74) is 2.10. The molecule has 0 aliphatic rings. The number of rotatable bonds is 6. The zero-order valence-corrected chi connectivity index (χ0v) is 14.0. The summed E-state index contributed by atoms with van der Waals surface area (Å²) in [4.78, 5) is 13.8. The van der Waals surface area contributed by atoms with Gasteiger partial charge >= 0.3 is 0 Å². The van der Waals surface area contributed by atoms with Crippen molar-refractivity contribution in [3.63, 3.8) is 0 Å². The molecule has 6 heteroatoms. The maximum atomic E-state index is 4.60. The number of benzene rings is 1. The van der Waals surface area contributed by atoms with Crippen molar-refractivity contribution in [3.8, 4) is 0 Å². The molecule has 23 heavy (non-hydrogen) atoms. The first-order valence-corrected chi connectivity index (χ1v) is 8.71. The van der Waals surface area contributed by atoms with Crippen molar-refractivity contribution in [1.82, 2.24) is 20.6 Å². The van der Waals surface area contributed by atoms with Crippen molar-refractivity contribution in [1.29, 1.82) is 0 Å². The number of aromatic amines is 1. The molecule has 0 saturated heterocycles. The number of aromatic nitrogens is 2. The highest BCUT2D eigenvalue weighted by atomic mass is 32.1. The third kappa shape index (κ3) is 4.32. The van der Waals surface area contributed by atoms with Crippen molar-refractivity contribution in [2.24, 2.45) is 4.99 Å². The molecule has 5 nitrogen and oxygen atoms in total. The van der Waals surface area contributed by atoms with Crippen LogP contribution in [0.5, 0.6) is 0 Å². The third-order valence-corrected chi connectivity index (χ3v) is 4.27. The second-order valence-corrected chi connectivity index (χ2v) is 6.18. The van der Waals surface area contributed by atoms with E-state index >= 15 is 0 Å². The maximum absolute atomic E-state index is 4.60. The van der Waals surface area contributed by atoms with E-state index in [9.17, 15) is 0 Å². The smallest absolute Gasteiger partial charge is 0.191 e. The summed E-state index contributed by atoms with van der Waals surface area (Å²) < 4.78 is 0. The highest BCUT2D eigenvalue weighted by Crippen LogP contribution is 2.10. The SMILES string of the molecule is CCNC(=NCc1cccs1)NCCc1nc2ccccc2[nH]1. The van der Waals surface area contributed by atoms with Crippen LogP contribution in [0.1, 0.15) is 17.6 Å². The van der Waals surface area contributed by atoms with Gasteiger partial charge in [0.1, 0.15) is 5.82 Å². The molecule has 2 aromatic heterocycles. The van der Waals surface area contributed by atoms with Crippen LogP contribution < -0.4 is 10.6 Å². The number of fused-ring (bicyclic) bond motifs is 1. The Morgan fingerprint density at radius 1 is 1.22 bits per heavy atom. The molecule has 3 aromatic rings. The first-order valence-electron chi connectivity index (χ1n) is 7.83. The topological polar surface area (TPSA) is 65.1 Å². The lowest BCUT2D eigenvalue weighted by atomic mass is 10.3. The van der Waals surface area contributed by atoms with Crippen LogP contribution in [0.2, 0.25) is 0 Å². The first kappa shape index (κ1) is 15.6. The number of guanidine groups is 1. The van der Waals surface area contributed by atoms with Crippen molar-refractivity contribution >= 4 is 28.3 Å². The van der Waals surface area contributed by atoms with Crippen LogP contribution in [0.25, 0.3) is 11.0 Å². The molecular formula is C17H21N5S. The molecule has 0 saturated carbocycles. The van der Waals surface area contributed by atoms with Gasteiger partial charge in [0.2, 0.25) is 0 Å². The summed E-state index contributed by atoms with van der Waals surface area (Å²) >= 11 is 1.73. The fraction of sp³-hybridized carbons (Fsp3) is 0.294. The fourth-order valence-corrected chi connectivity index (χ4v) is 2.95. The fourth-order valence-electron chi connectivity index (χ4n) is 2.32. The Kier molecular flexibility index (Phi) is 5.26. The second-order valence-electron chi connectivity index (χ2n) is 5.15. The van der Waals surface area contributed by atoms with Crippen molar-refractivity contribution in [3.05, 3.63) is 52.5 Å². The van der Waals surface area contributed by atoms with Gasteiger partial charge in [-0.1, -0.05) is 18.2 Å². The highest BCUT2D eigenvalue weighted by Gasteiger charge is 2.03. The van der Waals surface area contributed by atoms with E-state index in [1.807, 2.05) is 24.3 Å². The number of para-hydroxylation sites is 2. The zero-order chi connectivity index (χ0) is 15.9. The number of hydrogen-bond donors (Lipinski definition) is 3. The van der Waals surface area contributed by atoms with Gasteiger partial charge in [0.05, 0.1) is 17.6 Å². The Labute approximate surface area is 139 Å². The Morgan fingerprint density at radius 3 is 2.91 bits per heavy atom. The third-order valence-electron chi connectivity index (χ3n) is 3.41. The van der Waals surface area contributed by atoms with E-state index in [2.05, 4.69) is 50.0 Å². The van der Waals surface area contributed by atoms with Gasteiger partial charge in [-0.25, -0.2) is 9.98 Å². The number of aliphatic imine (C=N–C) groups is 1. The summed E-state index contributed by atoms with van der Waals surface area (Å²) in [6.45, 7) is 4.41. The monoisotopic (exact) mass is 327 g/mol. The van der Waals surface area contributed by atoms with Crippen LogP contribution in [-0.4, -0.2) is 29.0 Å². The molecule has 3 rings (SSSR count). The standard InChI is InChI=1S/C17H21N5S/c1-2-18-17(20-12-13-6-5-11-23-13)19-10-9-16-21-14-7-3-4-8-15(14)22-16/h3-8,11H,2,9-10,12H2,1H3,(H,21,22)(H2,18,19,20). The molecule has 3 N–H and O–H groups in total. The van der Waals surface area contributed by atoms with E-state index in [0.29, 0.717) is 6.54 Å². The Balaban J connectivity index is 1.54. The maximum Gasteiger partial charge on any atom is 0.191 e. The van der Waals surface area contributed by atoms with Crippen molar-refractivity contribution in [2.75, 3.05) is 13.1 Å². The quantitative estimate of drug-likeness (QED) is 0.482. The molecule has 0 radical (unpaired) electrons. The average Bonchev–Trinajstić information content (AvgIpc) is 3.21. The number of H-pyrrole nitrogens is 1. The molecule has 0 aliphatic heterocycles. The number of hydrogen-bond acceptors (Lipinski definition) is 3. The van der Waals surface area contributed by atoms with E-state index in [4.69, 9.17) is 0 Å². The van der Waals surface area contributed by atoms with Gasteiger partial charge in [-0.2, -0.15) is 0 Å².